The molecule has 3 aliphatic rings. The average molecular weight is 329 g/mol. The minimum atomic E-state index is -0.344. The van der Waals surface area contributed by atoms with Gasteiger partial charge < -0.3 is 19.9 Å². The van der Waals surface area contributed by atoms with Crippen LogP contribution < -0.4 is 5.32 Å². The summed E-state index contributed by atoms with van der Waals surface area (Å²) in [4.78, 5) is 28.7. The van der Waals surface area contributed by atoms with Gasteiger partial charge in [-0.05, 0) is 18.4 Å². The van der Waals surface area contributed by atoms with Gasteiger partial charge in [0.15, 0.2) is 0 Å². The lowest BCUT2D eigenvalue weighted by atomic mass is 9.64. The van der Waals surface area contributed by atoms with Gasteiger partial charge in [0.05, 0.1) is 24.7 Å². The van der Waals surface area contributed by atoms with Crippen molar-refractivity contribution in [1.82, 2.24) is 15.1 Å². The van der Waals surface area contributed by atoms with E-state index in [1.54, 1.807) is 0 Å². The molecule has 3 fully saturated rings. The van der Waals surface area contributed by atoms with Crippen molar-refractivity contribution in [2.75, 3.05) is 39.4 Å². The largest absolute Gasteiger partial charge is 0.378 e. The molecule has 1 unspecified atom stereocenters. The molecule has 0 saturated carbocycles. The van der Waals surface area contributed by atoms with Crippen LogP contribution in [0.3, 0.4) is 0 Å². The number of morpholine rings is 1. The van der Waals surface area contributed by atoms with Crippen LogP contribution in [-0.4, -0.2) is 61.1 Å². The van der Waals surface area contributed by atoms with Crippen molar-refractivity contribution in [2.24, 2.45) is 5.41 Å². The van der Waals surface area contributed by atoms with Crippen LogP contribution >= 0.6 is 0 Å². The maximum absolute atomic E-state index is 12.6. The summed E-state index contributed by atoms with van der Waals surface area (Å²) < 4.78 is 5.31. The Morgan fingerprint density at radius 2 is 1.67 bits per heavy atom. The predicted octanol–water partition coefficient (Wildman–Crippen LogP) is 1.39. The van der Waals surface area contributed by atoms with E-state index in [2.05, 4.69) is 17.4 Å². The van der Waals surface area contributed by atoms with E-state index in [0.717, 1.165) is 18.4 Å². The highest BCUT2D eigenvalue weighted by molar-refractivity contribution is 5.91. The van der Waals surface area contributed by atoms with Gasteiger partial charge in [0.1, 0.15) is 0 Å². The zero-order valence-corrected chi connectivity index (χ0v) is 13.7. The molecule has 0 bridgehead atoms. The molecule has 3 saturated heterocycles. The number of rotatable bonds is 1. The number of carbonyl (C=O) groups is 2. The molecule has 1 aromatic rings. The Bertz CT molecular complexity index is 620. The molecule has 24 heavy (non-hydrogen) atoms. The first-order chi connectivity index (χ1) is 11.7. The Morgan fingerprint density at radius 1 is 1.04 bits per heavy atom. The van der Waals surface area contributed by atoms with Gasteiger partial charge >= 0.3 is 6.03 Å². The molecule has 3 aliphatic heterocycles. The standard InChI is InChI=1S/C18H23N3O3/c22-16-18(15(19-16)14-4-2-1-3-5-14)6-8-20(9-7-18)17(23)21-10-12-24-13-11-21/h1-5,15H,6-13H2,(H,19,22). The van der Waals surface area contributed by atoms with E-state index in [1.165, 1.54) is 0 Å². The van der Waals surface area contributed by atoms with Gasteiger partial charge in [-0.15, -0.1) is 0 Å². The molecule has 1 aromatic carbocycles. The van der Waals surface area contributed by atoms with E-state index in [1.807, 2.05) is 28.0 Å². The number of hydrogen-bond donors (Lipinski definition) is 1. The lowest BCUT2D eigenvalue weighted by molar-refractivity contribution is -0.151. The van der Waals surface area contributed by atoms with Crippen LogP contribution in [0.15, 0.2) is 30.3 Å². The minimum absolute atomic E-state index is 0.0758. The molecule has 6 heteroatoms. The van der Waals surface area contributed by atoms with Crippen molar-refractivity contribution < 1.29 is 14.3 Å². The Hall–Kier alpha value is -2.08. The van der Waals surface area contributed by atoms with Gasteiger partial charge in [-0.3, -0.25) is 4.79 Å². The molecule has 6 nitrogen and oxygen atoms in total. The monoisotopic (exact) mass is 329 g/mol. The fourth-order valence-corrected chi connectivity index (χ4v) is 4.08. The molecule has 0 aliphatic carbocycles. The predicted molar refractivity (Wildman–Crippen MR) is 88.4 cm³/mol. The lowest BCUT2D eigenvalue weighted by Gasteiger charge is -2.53. The normalized spacial score (nSPS) is 26.0. The van der Waals surface area contributed by atoms with Crippen LogP contribution in [0.2, 0.25) is 0 Å². The summed E-state index contributed by atoms with van der Waals surface area (Å²) in [5.74, 6) is 0.134. The fraction of sp³-hybridized carbons (Fsp3) is 0.556. The molecule has 0 radical (unpaired) electrons. The third kappa shape index (κ3) is 2.45. The second kappa shape index (κ2) is 6.09. The smallest absolute Gasteiger partial charge is 0.320 e. The third-order valence-electron chi connectivity index (χ3n) is 5.62. The summed E-state index contributed by atoms with van der Waals surface area (Å²) in [6.45, 7) is 3.84. The molecule has 1 spiro atoms. The molecular weight excluding hydrogens is 306 g/mol. The number of piperidine rings is 1. The zero-order chi connectivity index (χ0) is 16.6. The second-order valence-electron chi connectivity index (χ2n) is 6.84. The van der Waals surface area contributed by atoms with E-state index < -0.39 is 0 Å². The summed E-state index contributed by atoms with van der Waals surface area (Å²) in [5, 5.41) is 3.06. The summed E-state index contributed by atoms with van der Waals surface area (Å²) in [5.41, 5.74) is 0.813. The first kappa shape index (κ1) is 15.4. The van der Waals surface area contributed by atoms with Gasteiger partial charge in [-0.1, -0.05) is 30.3 Å². The number of carbonyl (C=O) groups excluding carboxylic acids is 2. The highest BCUT2D eigenvalue weighted by Crippen LogP contribution is 2.49. The van der Waals surface area contributed by atoms with Crippen LogP contribution in [0, 0.1) is 5.41 Å². The Balaban J connectivity index is 1.43. The lowest BCUT2D eigenvalue weighted by Crippen LogP contribution is -2.65. The van der Waals surface area contributed by atoms with E-state index in [-0.39, 0.29) is 23.4 Å². The number of β-lactam (4-membered cyclic amide) rings is 1. The quantitative estimate of drug-likeness (QED) is 0.792. The maximum Gasteiger partial charge on any atom is 0.320 e. The topological polar surface area (TPSA) is 61.9 Å². The number of hydrogen-bond acceptors (Lipinski definition) is 3. The van der Waals surface area contributed by atoms with Gasteiger partial charge in [0.25, 0.3) is 0 Å². The fourth-order valence-electron chi connectivity index (χ4n) is 4.08. The number of nitrogens with one attached hydrogen (secondary N) is 1. The van der Waals surface area contributed by atoms with Crippen LogP contribution in [0.5, 0.6) is 0 Å². The van der Waals surface area contributed by atoms with Crippen molar-refractivity contribution >= 4 is 11.9 Å². The highest BCUT2D eigenvalue weighted by Gasteiger charge is 2.56. The SMILES string of the molecule is O=C(N1CCOCC1)N1CCC2(CC1)C(=O)NC2c1ccccc1. The van der Waals surface area contributed by atoms with E-state index in [4.69, 9.17) is 4.74 Å². The van der Waals surface area contributed by atoms with Crippen molar-refractivity contribution in [1.29, 1.82) is 0 Å². The number of ether oxygens (including phenoxy) is 1. The summed E-state index contributed by atoms with van der Waals surface area (Å²) >= 11 is 0. The first-order valence-corrected chi connectivity index (χ1v) is 8.68. The number of amides is 3. The molecule has 128 valence electrons. The van der Waals surface area contributed by atoms with E-state index in [0.29, 0.717) is 39.4 Å². The molecule has 1 N–H and O–H groups in total. The molecule has 3 heterocycles. The van der Waals surface area contributed by atoms with Gasteiger partial charge in [-0.25, -0.2) is 4.79 Å². The van der Waals surface area contributed by atoms with E-state index in [9.17, 15) is 9.59 Å². The number of urea groups is 1. The average Bonchev–Trinajstić information content (AvgIpc) is 2.67. The van der Waals surface area contributed by atoms with Gasteiger partial charge in [0.2, 0.25) is 5.91 Å². The third-order valence-corrected chi connectivity index (χ3v) is 5.62. The summed E-state index contributed by atoms with van der Waals surface area (Å²) in [7, 11) is 0. The zero-order valence-electron chi connectivity index (χ0n) is 13.7. The van der Waals surface area contributed by atoms with Crippen LogP contribution in [-0.2, 0) is 9.53 Å². The molecule has 1 atom stereocenters. The molecule has 0 aromatic heterocycles. The van der Waals surface area contributed by atoms with Gasteiger partial charge in [-0.2, -0.15) is 0 Å². The number of likely N-dealkylation sites (tertiary alicyclic amines) is 1. The molecule has 4 rings (SSSR count). The first-order valence-electron chi connectivity index (χ1n) is 8.68. The van der Waals surface area contributed by atoms with Crippen LogP contribution in [0.4, 0.5) is 4.79 Å². The number of nitrogens with zero attached hydrogens (tertiary/aromatic N) is 2. The summed E-state index contributed by atoms with van der Waals surface area (Å²) in [6.07, 6.45) is 1.46. The van der Waals surface area contributed by atoms with E-state index >= 15 is 0 Å². The second-order valence-corrected chi connectivity index (χ2v) is 6.84. The minimum Gasteiger partial charge on any atom is -0.378 e. The van der Waals surface area contributed by atoms with Crippen LogP contribution in [0.25, 0.3) is 0 Å². The Kier molecular flexibility index (Phi) is 3.92. The highest BCUT2D eigenvalue weighted by atomic mass is 16.5. The molecular formula is C18H23N3O3. The maximum atomic E-state index is 12.6. The van der Waals surface area contributed by atoms with Gasteiger partial charge in [0, 0.05) is 26.2 Å². The number of benzene rings is 1. The van der Waals surface area contributed by atoms with Crippen LogP contribution in [0.1, 0.15) is 24.4 Å². The van der Waals surface area contributed by atoms with Crippen molar-refractivity contribution in [3.05, 3.63) is 35.9 Å². The van der Waals surface area contributed by atoms with Crippen molar-refractivity contribution in [3.8, 4) is 0 Å². The van der Waals surface area contributed by atoms with Crippen molar-refractivity contribution in [3.63, 3.8) is 0 Å². The summed E-state index contributed by atoms with van der Waals surface area (Å²) in [6, 6.07) is 10.3. The Morgan fingerprint density at radius 3 is 2.29 bits per heavy atom. The van der Waals surface area contributed by atoms with Crippen molar-refractivity contribution in [2.45, 2.75) is 18.9 Å². The molecule has 3 amide bonds. The Labute approximate surface area is 141 Å².